The first kappa shape index (κ1) is 13.5. The largest absolute Gasteiger partial charge is 0.508 e. The van der Waals surface area contributed by atoms with Crippen molar-refractivity contribution in [3.63, 3.8) is 0 Å². The van der Waals surface area contributed by atoms with E-state index in [1.807, 2.05) is 42.5 Å². The van der Waals surface area contributed by atoms with Gasteiger partial charge in [0.05, 0.1) is 10.6 Å². The molecule has 0 spiro atoms. The SMILES string of the molecule is O=C(Nc1ccc2ccccc2c1)c1cc(O)ccc1Cl. The molecule has 2 N–H and O–H groups in total. The Morgan fingerprint density at radius 3 is 2.52 bits per heavy atom. The molecule has 3 rings (SSSR count). The lowest BCUT2D eigenvalue weighted by Crippen LogP contribution is -2.12. The summed E-state index contributed by atoms with van der Waals surface area (Å²) >= 11 is 5.98. The van der Waals surface area contributed by atoms with Gasteiger partial charge in [0, 0.05) is 5.69 Å². The third-order valence-electron chi connectivity index (χ3n) is 3.20. The van der Waals surface area contributed by atoms with E-state index in [9.17, 15) is 9.90 Å². The van der Waals surface area contributed by atoms with Gasteiger partial charge in [0.25, 0.3) is 5.91 Å². The van der Waals surface area contributed by atoms with Crippen LogP contribution in [0, 0.1) is 0 Å². The Bertz CT molecular complexity index is 830. The highest BCUT2D eigenvalue weighted by atomic mass is 35.5. The number of amides is 1. The second-order valence-electron chi connectivity index (χ2n) is 4.68. The summed E-state index contributed by atoms with van der Waals surface area (Å²) in [5, 5.41) is 14.7. The molecule has 0 heterocycles. The number of aromatic hydroxyl groups is 1. The number of anilines is 1. The Morgan fingerprint density at radius 1 is 0.952 bits per heavy atom. The minimum Gasteiger partial charge on any atom is -0.508 e. The predicted octanol–water partition coefficient (Wildman–Crippen LogP) is 4.45. The van der Waals surface area contributed by atoms with Crippen molar-refractivity contribution in [2.24, 2.45) is 0 Å². The van der Waals surface area contributed by atoms with E-state index in [2.05, 4.69) is 5.32 Å². The maximum Gasteiger partial charge on any atom is 0.257 e. The summed E-state index contributed by atoms with van der Waals surface area (Å²) in [5.41, 5.74) is 0.919. The molecule has 0 aliphatic heterocycles. The van der Waals surface area contributed by atoms with Gasteiger partial charge in [-0.2, -0.15) is 0 Å². The Morgan fingerprint density at radius 2 is 1.71 bits per heavy atom. The molecular weight excluding hydrogens is 286 g/mol. The van der Waals surface area contributed by atoms with E-state index in [1.54, 1.807) is 0 Å². The van der Waals surface area contributed by atoms with E-state index < -0.39 is 0 Å². The lowest BCUT2D eigenvalue weighted by molar-refractivity contribution is 0.102. The topological polar surface area (TPSA) is 49.3 Å². The maximum absolute atomic E-state index is 12.2. The van der Waals surface area contributed by atoms with Crippen molar-refractivity contribution in [1.29, 1.82) is 0 Å². The zero-order chi connectivity index (χ0) is 14.8. The molecule has 0 saturated carbocycles. The molecule has 0 aliphatic carbocycles. The van der Waals surface area contributed by atoms with Crippen molar-refractivity contribution in [3.8, 4) is 5.75 Å². The highest BCUT2D eigenvalue weighted by Crippen LogP contribution is 2.23. The Labute approximate surface area is 126 Å². The first-order valence-electron chi connectivity index (χ1n) is 6.42. The minimum absolute atomic E-state index is 0.00283. The zero-order valence-corrected chi connectivity index (χ0v) is 11.8. The molecule has 4 heteroatoms. The maximum atomic E-state index is 12.2. The molecule has 0 atom stereocenters. The van der Waals surface area contributed by atoms with Gasteiger partial charge in [-0.25, -0.2) is 0 Å². The summed E-state index contributed by atoms with van der Waals surface area (Å²) in [4.78, 5) is 12.2. The van der Waals surface area contributed by atoms with Crippen LogP contribution in [0.1, 0.15) is 10.4 Å². The molecular formula is C17H12ClNO2. The Kier molecular flexibility index (Phi) is 3.50. The van der Waals surface area contributed by atoms with E-state index >= 15 is 0 Å². The number of rotatable bonds is 2. The molecule has 0 bridgehead atoms. The smallest absolute Gasteiger partial charge is 0.257 e. The molecule has 0 saturated heterocycles. The van der Waals surface area contributed by atoms with Crippen molar-refractivity contribution in [2.75, 3.05) is 5.32 Å². The molecule has 0 aliphatic rings. The fourth-order valence-electron chi connectivity index (χ4n) is 2.15. The van der Waals surface area contributed by atoms with Crippen LogP contribution in [0.5, 0.6) is 5.75 Å². The van der Waals surface area contributed by atoms with Gasteiger partial charge in [0.15, 0.2) is 0 Å². The van der Waals surface area contributed by atoms with Gasteiger partial charge in [-0.1, -0.05) is 41.9 Å². The molecule has 3 aromatic carbocycles. The van der Waals surface area contributed by atoms with Crippen LogP contribution in [0.15, 0.2) is 60.7 Å². The van der Waals surface area contributed by atoms with Gasteiger partial charge < -0.3 is 10.4 Å². The molecule has 0 radical (unpaired) electrons. The lowest BCUT2D eigenvalue weighted by atomic mass is 10.1. The van der Waals surface area contributed by atoms with Crippen LogP contribution in [0.2, 0.25) is 5.02 Å². The van der Waals surface area contributed by atoms with Crippen molar-refractivity contribution in [2.45, 2.75) is 0 Å². The van der Waals surface area contributed by atoms with Crippen molar-refractivity contribution >= 4 is 34.0 Å². The number of fused-ring (bicyclic) bond motifs is 1. The highest BCUT2D eigenvalue weighted by molar-refractivity contribution is 6.34. The van der Waals surface area contributed by atoms with Crippen LogP contribution in [0.25, 0.3) is 10.8 Å². The third-order valence-corrected chi connectivity index (χ3v) is 3.53. The van der Waals surface area contributed by atoms with Gasteiger partial charge in [0.2, 0.25) is 0 Å². The molecule has 3 aromatic rings. The second-order valence-corrected chi connectivity index (χ2v) is 5.09. The molecule has 0 fully saturated rings. The van der Waals surface area contributed by atoms with Gasteiger partial charge in [-0.15, -0.1) is 0 Å². The summed E-state index contributed by atoms with van der Waals surface area (Å²) < 4.78 is 0. The number of hydrogen-bond acceptors (Lipinski definition) is 2. The molecule has 21 heavy (non-hydrogen) atoms. The molecule has 1 amide bonds. The van der Waals surface area contributed by atoms with E-state index in [4.69, 9.17) is 11.6 Å². The number of phenolic OH excluding ortho intramolecular Hbond substituents is 1. The third kappa shape index (κ3) is 2.83. The number of phenols is 1. The second kappa shape index (κ2) is 5.46. The van der Waals surface area contributed by atoms with Crippen LogP contribution in [-0.4, -0.2) is 11.0 Å². The number of hydrogen-bond donors (Lipinski definition) is 2. The number of nitrogens with one attached hydrogen (secondary N) is 1. The molecule has 104 valence electrons. The predicted molar refractivity (Wildman–Crippen MR) is 85.0 cm³/mol. The standard InChI is InChI=1S/C17H12ClNO2/c18-16-8-7-14(20)10-15(16)17(21)19-13-6-5-11-3-1-2-4-12(11)9-13/h1-10,20H,(H,19,21). The molecule has 3 nitrogen and oxygen atoms in total. The van der Waals surface area contributed by atoms with Crippen molar-refractivity contribution in [3.05, 3.63) is 71.2 Å². The molecule has 0 aromatic heterocycles. The number of carbonyl (C=O) groups is 1. The van der Waals surface area contributed by atoms with E-state index in [0.29, 0.717) is 10.7 Å². The van der Waals surface area contributed by atoms with Crippen LogP contribution in [0.4, 0.5) is 5.69 Å². The van der Waals surface area contributed by atoms with E-state index in [1.165, 1.54) is 18.2 Å². The van der Waals surface area contributed by atoms with Crippen LogP contribution in [-0.2, 0) is 0 Å². The van der Waals surface area contributed by atoms with Gasteiger partial charge in [-0.3, -0.25) is 4.79 Å². The van der Waals surface area contributed by atoms with Crippen LogP contribution < -0.4 is 5.32 Å². The number of carbonyl (C=O) groups excluding carboxylic acids is 1. The normalized spacial score (nSPS) is 10.5. The molecule has 0 unspecified atom stereocenters. The summed E-state index contributed by atoms with van der Waals surface area (Å²) in [6.45, 7) is 0. The first-order valence-corrected chi connectivity index (χ1v) is 6.80. The average molecular weight is 298 g/mol. The van der Waals surface area contributed by atoms with E-state index in [0.717, 1.165) is 10.8 Å². The Hall–Kier alpha value is -2.52. The van der Waals surface area contributed by atoms with Gasteiger partial charge in [-0.05, 0) is 41.1 Å². The summed E-state index contributed by atoms with van der Waals surface area (Å²) in [7, 11) is 0. The summed E-state index contributed by atoms with van der Waals surface area (Å²) in [6.07, 6.45) is 0. The summed E-state index contributed by atoms with van der Waals surface area (Å²) in [5.74, 6) is -0.353. The lowest BCUT2D eigenvalue weighted by Gasteiger charge is -2.08. The zero-order valence-electron chi connectivity index (χ0n) is 11.0. The summed E-state index contributed by atoms with van der Waals surface area (Å²) in [6, 6.07) is 17.8. The van der Waals surface area contributed by atoms with Crippen molar-refractivity contribution < 1.29 is 9.90 Å². The van der Waals surface area contributed by atoms with E-state index in [-0.39, 0.29) is 17.2 Å². The Balaban J connectivity index is 1.90. The highest BCUT2D eigenvalue weighted by Gasteiger charge is 2.11. The average Bonchev–Trinajstić information content (AvgIpc) is 2.49. The minimum atomic E-state index is -0.355. The van der Waals surface area contributed by atoms with Gasteiger partial charge in [0.1, 0.15) is 5.75 Å². The van der Waals surface area contributed by atoms with Crippen molar-refractivity contribution in [1.82, 2.24) is 0 Å². The fourth-order valence-corrected chi connectivity index (χ4v) is 2.36. The van der Waals surface area contributed by atoms with Crippen LogP contribution >= 0.6 is 11.6 Å². The first-order chi connectivity index (χ1) is 10.1. The van der Waals surface area contributed by atoms with Gasteiger partial charge >= 0.3 is 0 Å². The fraction of sp³-hybridized carbons (Fsp3) is 0. The number of halogens is 1. The van der Waals surface area contributed by atoms with Crippen LogP contribution in [0.3, 0.4) is 0 Å². The monoisotopic (exact) mass is 297 g/mol. The number of benzene rings is 3. The quantitative estimate of drug-likeness (QED) is 0.734.